The van der Waals surface area contributed by atoms with Crippen LogP contribution in [0, 0.1) is 13.8 Å². The van der Waals surface area contributed by atoms with Gasteiger partial charge in [0.05, 0.1) is 47.3 Å². The highest BCUT2D eigenvalue weighted by atomic mass is 16.4. The van der Waals surface area contributed by atoms with E-state index >= 15 is 0 Å². The Bertz CT molecular complexity index is 2750. The first kappa shape index (κ1) is 40.1. The summed E-state index contributed by atoms with van der Waals surface area (Å²) in [6.07, 6.45) is 8.11. The smallest absolute Gasteiger partial charge is 0.298 e. The van der Waals surface area contributed by atoms with E-state index in [1.807, 2.05) is 109 Å². The molecule has 2 aliphatic heterocycles. The van der Waals surface area contributed by atoms with Crippen molar-refractivity contribution in [3.63, 3.8) is 0 Å². The lowest BCUT2D eigenvalue weighted by atomic mass is 10.1. The monoisotopic (exact) mass is 832 g/mol. The molecule has 62 heavy (non-hydrogen) atoms. The van der Waals surface area contributed by atoms with Crippen LogP contribution in [0.4, 0.5) is 12.0 Å². The predicted octanol–water partition coefficient (Wildman–Crippen LogP) is 6.92. The largest absolute Gasteiger partial charge is 0.423 e. The van der Waals surface area contributed by atoms with Crippen LogP contribution in [0.3, 0.4) is 0 Å². The molecule has 16 heteroatoms. The normalized spacial score (nSPS) is 17.2. The van der Waals surface area contributed by atoms with Crippen LogP contribution < -0.4 is 9.80 Å². The molecule has 0 radical (unpaired) electrons. The van der Waals surface area contributed by atoms with E-state index in [9.17, 15) is 9.59 Å². The second-order valence-electron chi connectivity index (χ2n) is 15.9. The first-order valence-electron chi connectivity index (χ1n) is 21.0. The Balaban J connectivity index is 0.000000158. The highest BCUT2D eigenvalue weighted by Crippen LogP contribution is 2.28. The molecule has 6 heterocycles. The van der Waals surface area contributed by atoms with Gasteiger partial charge in [0.2, 0.25) is 0 Å². The van der Waals surface area contributed by atoms with E-state index in [1.165, 1.54) is 9.59 Å². The van der Waals surface area contributed by atoms with Crippen molar-refractivity contribution >= 4 is 46.0 Å². The van der Waals surface area contributed by atoms with Crippen LogP contribution in [0.15, 0.2) is 119 Å². The molecule has 316 valence electrons. The zero-order chi connectivity index (χ0) is 42.7. The number of rotatable bonds is 6. The molecule has 4 aromatic carbocycles. The molecule has 16 nitrogen and oxygen atoms in total. The van der Waals surface area contributed by atoms with Crippen molar-refractivity contribution in [3.8, 4) is 11.4 Å². The average Bonchev–Trinajstić information content (AvgIpc) is 4.11. The first-order valence-corrected chi connectivity index (χ1v) is 21.0. The number of carbonyl (C=O) groups is 2. The molecule has 0 aliphatic carbocycles. The zero-order valence-corrected chi connectivity index (χ0v) is 35.2. The number of nitrogens with zero attached hydrogens (tertiary/aromatic N) is 12. The third kappa shape index (κ3) is 8.23. The molecule has 2 atom stereocenters. The summed E-state index contributed by atoms with van der Waals surface area (Å²) in [7, 11) is 0. The topological polar surface area (TPSA) is 161 Å². The number of amides is 2. The van der Waals surface area contributed by atoms with Crippen LogP contribution in [0.5, 0.6) is 0 Å². The zero-order valence-electron chi connectivity index (χ0n) is 35.2. The van der Waals surface area contributed by atoms with Crippen molar-refractivity contribution in [3.05, 3.63) is 132 Å². The van der Waals surface area contributed by atoms with Gasteiger partial charge in [0.25, 0.3) is 23.8 Å². The lowest BCUT2D eigenvalue weighted by molar-refractivity contribution is 0.0706. The van der Waals surface area contributed by atoms with Crippen molar-refractivity contribution in [1.82, 2.24) is 49.8 Å². The van der Waals surface area contributed by atoms with Gasteiger partial charge in [-0.05, 0) is 89.1 Å². The molecule has 0 spiro atoms. The molecule has 0 bridgehead atoms. The molecule has 0 N–H and O–H groups in total. The number of anilines is 2. The molecule has 8 aromatic rings. The maximum Gasteiger partial charge on any atom is 0.298 e. The van der Waals surface area contributed by atoms with Crippen molar-refractivity contribution in [1.29, 1.82) is 0 Å². The highest BCUT2D eigenvalue weighted by molar-refractivity contribution is 5.99. The summed E-state index contributed by atoms with van der Waals surface area (Å²) in [5.74, 6) is -0.0230. The van der Waals surface area contributed by atoms with Gasteiger partial charge >= 0.3 is 0 Å². The second kappa shape index (κ2) is 17.3. The number of carbonyl (C=O) groups excluding carboxylic acids is 2. The molecule has 4 aromatic heterocycles. The summed E-state index contributed by atoms with van der Waals surface area (Å²) in [5, 5.41) is 16.9. The Labute approximate surface area is 358 Å². The molecular weight excluding hydrogens is 785 g/mol. The van der Waals surface area contributed by atoms with Gasteiger partial charge in [0.15, 0.2) is 11.2 Å². The van der Waals surface area contributed by atoms with E-state index < -0.39 is 0 Å². The molecule has 2 aliphatic rings. The van der Waals surface area contributed by atoms with Gasteiger partial charge in [-0.25, -0.2) is 0 Å². The maximum absolute atomic E-state index is 13.6. The molecule has 2 amide bonds. The SMILES string of the molecule is Cc1ccc(-n2nccn2)c(C(=O)N2CCCN(c3nc4ccccc4o3)C(C)C2)c1.Cc1ccc(-n2nccn2)c(C(=O)N2CCCN(c3nc4ccccc4o3)C[C@@H]2C)c1. The van der Waals surface area contributed by atoms with E-state index in [1.54, 1.807) is 24.8 Å². The number of benzene rings is 4. The molecule has 1 unspecified atom stereocenters. The number of para-hydroxylation sites is 4. The lowest BCUT2D eigenvalue weighted by Gasteiger charge is -2.29. The minimum atomic E-state index is -0.0118. The average molecular weight is 833 g/mol. The first-order chi connectivity index (χ1) is 30.2. The quantitative estimate of drug-likeness (QED) is 0.171. The van der Waals surface area contributed by atoms with Crippen molar-refractivity contribution in [2.75, 3.05) is 49.1 Å². The van der Waals surface area contributed by atoms with Gasteiger partial charge in [0.1, 0.15) is 11.0 Å². The van der Waals surface area contributed by atoms with Gasteiger partial charge in [-0.15, -0.1) is 0 Å². The standard InChI is InChI=1S/2C23H24N6O2/c1-16-8-9-20(29-24-10-11-25-29)18(14-16)22(30)28-13-5-12-27(15-17(28)2)23-26-19-6-3-4-7-21(19)31-23;1-16-8-9-20(29-24-10-11-25-29)18(14-16)22(30)27-12-5-13-28(17(2)15-27)23-26-19-6-3-4-7-21(19)31-23/h2*3-4,6-11,14,17H,5,12-13,15H2,1-2H3/t17-;/m0./s1. The van der Waals surface area contributed by atoms with Gasteiger partial charge in [-0.3, -0.25) is 9.59 Å². The summed E-state index contributed by atoms with van der Waals surface area (Å²) in [6, 6.07) is 28.4. The fourth-order valence-corrected chi connectivity index (χ4v) is 8.24. The number of hydrogen-bond acceptors (Lipinski definition) is 12. The maximum atomic E-state index is 13.6. The fourth-order valence-electron chi connectivity index (χ4n) is 8.24. The van der Waals surface area contributed by atoms with Crippen molar-refractivity contribution in [2.24, 2.45) is 0 Å². The van der Waals surface area contributed by atoms with Crippen LogP contribution in [-0.2, 0) is 0 Å². The van der Waals surface area contributed by atoms with Crippen LogP contribution in [0.25, 0.3) is 33.6 Å². The minimum Gasteiger partial charge on any atom is -0.423 e. The third-order valence-electron chi connectivity index (χ3n) is 11.4. The number of fused-ring (bicyclic) bond motifs is 2. The van der Waals surface area contributed by atoms with Crippen LogP contribution in [0.1, 0.15) is 58.5 Å². The predicted molar refractivity (Wildman–Crippen MR) is 235 cm³/mol. The van der Waals surface area contributed by atoms with Crippen LogP contribution >= 0.6 is 0 Å². The lowest BCUT2D eigenvalue weighted by Crippen LogP contribution is -2.43. The Hall–Kier alpha value is -7.36. The highest BCUT2D eigenvalue weighted by Gasteiger charge is 2.31. The summed E-state index contributed by atoms with van der Waals surface area (Å²) < 4.78 is 12.0. The summed E-state index contributed by atoms with van der Waals surface area (Å²) in [6.45, 7) is 12.3. The van der Waals surface area contributed by atoms with Crippen molar-refractivity contribution in [2.45, 2.75) is 52.6 Å². The van der Waals surface area contributed by atoms with E-state index in [2.05, 4.69) is 54.0 Å². The van der Waals surface area contributed by atoms with E-state index in [4.69, 9.17) is 8.83 Å². The Kier molecular flexibility index (Phi) is 11.2. The number of hydrogen-bond donors (Lipinski definition) is 0. The van der Waals surface area contributed by atoms with Gasteiger partial charge < -0.3 is 28.4 Å². The third-order valence-corrected chi connectivity index (χ3v) is 11.4. The fraction of sp³-hybridized carbons (Fsp3) is 0.304. The second-order valence-corrected chi connectivity index (χ2v) is 15.9. The summed E-state index contributed by atoms with van der Waals surface area (Å²) in [4.78, 5) is 47.6. The number of aryl methyl sites for hydroxylation is 2. The van der Waals surface area contributed by atoms with Crippen molar-refractivity contribution < 1.29 is 18.4 Å². The number of oxazole rings is 2. The molecule has 0 saturated carbocycles. The Morgan fingerprint density at radius 3 is 1.71 bits per heavy atom. The van der Waals surface area contributed by atoms with Gasteiger partial charge in [-0.1, -0.05) is 47.5 Å². The molecule has 2 fully saturated rings. The molecular formula is C46H48N12O4. The molecule has 10 rings (SSSR count). The van der Waals surface area contributed by atoms with Crippen LogP contribution in [0.2, 0.25) is 0 Å². The Morgan fingerprint density at radius 2 is 1.11 bits per heavy atom. The number of aromatic nitrogens is 8. The summed E-state index contributed by atoms with van der Waals surface area (Å²) >= 11 is 0. The Morgan fingerprint density at radius 1 is 0.581 bits per heavy atom. The molecule has 2 saturated heterocycles. The van der Waals surface area contributed by atoms with Gasteiger partial charge in [-0.2, -0.15) is 40.0 Å². The van der Waals surface area contributed by atoms with Crippen LogP contribution in [-0.4, -0.2) is 113 Å². The minimum absolute atomic E-state index is 0.0102. The van der Waals surface area contributed by atoms with E-state index in [0.717, 1.165) is 59.3 Å². The van der Waals surface area contributed by atoms with E-state index in [-0.39, 0.29) is 23.9 Å². The summed E-state index contributed by atoms with van der Waals surface area (Å²) in [5.41, 5.74) is 7.89. The van der Waals surface area contributed by atoms with Gasteiger partial charge in [0, 0.05) is 51.4 Å². The van der Waals surface area contributed by atoms with E-state index in [0.29, 0.717) is 60.7 Å².